The zero-order valence-corrected chi connectivity index (χ0v) is 12.3. The molecule has 0 fully saturated rings. The molecule has 0 amide bonds. The van der Waals surface area contributed by atoms with Gasteiger partial charge in [0, 0.05) is 0 Å². The van der Waals surface area contributed by atoms with Gasteiger partial charge in [-0.15, -0.1) is 0 Å². The molecule has 2 heterocycles. The molecule has 3 nitrogen and oxygen atoms in total. The van der Waals surface area contributed by atoms with Crippen LogP contribution in [0.25, 0.3) is 0 Å². The lowest BCUT2D eigenvalue weighted by molar-refractivity contribution is 0.171. The highest BCUT2D eigenvalue weighted by molar-refractivity contribution is 5.51. The van der Waals surface area contributed by atoms with Crippen molar-refractivity contribution in [3.63, 3.8) is 0 Å². The van der Waals surface area contributed by atoms with Crippen LogP contribution in [0.15, 0.2) is 36.4 Å². The normalized spacial score (nSPS) is 20.1. The lowest BCUT2D eigenvalue weighted by Crippen LogP contribution is -2.22. The van der Waals surface area contributed by atoms with Gasteiger partial charge in [-0.3, -0.25) is 0 Å². The topological polar surface area (TPSA) is 30.5 Å². The van der Waals surface area contributed by atoms with Crippen molar-refractivity contribution >= 4 is 0 Å². The number of rotatable bonds is 1. The molecule has 2 aromatic carbocycles. The highest BCUT2D eigenvalue weighted by atomic mass is 19.1. The number of halogens is 1. The predicted octanol–water partition coefficient (Wildman–Crippen LogP) is 3.22. The van der Waals surface area contributed by atoms with E-state index in [0.29, 0.717) is 13.2 Å². The summed E-state index contributed by atoms with van der Waals surface area (Å²) in [6, 6.07) is 11.0. The molecule has 0 spiro atoms. The molecular formula is C18H18FNO2. The van der Waals surface area contributed by atoms with Gasteiger partial charge in [0.1, 0.15) is 19.0 Å². The van der Waals surface area contributed by atoms with Crippen molar-refractivity contribution < 1.29 is 13.9 Å². The van der Waals surface area contributed by atoms with Crippen LogP contribution in [-0.4, -0.2) is 19.8 Å². The van der Waals surface area contributed by atoms with Crippen molar-refractivity contribution in [2.75, 3.05) is 19.8 Å². The van der Waals surface area contributed by atoms with Gasteiger partial charge in [0.05, 0.1) is 6.04 Å². The minimum atomic E-state index is -0.209. The minimum absolute atomic E-state index is 0.0638. The summed E-state index contributed by atoms with van der Waals surface area (Å²) in [5.74, 6) is 1.44. The molecule has 1 unspecified atom stereocenters. The molecule has 0 aromatic heterocycles. The van der Waals surface area contributed by atoms with E-state index in [4.69, 9.17) is 9.47 Å². The minimum Gasteiger partial charge on any atom is -0.486 e. The first-order valence-electron chi connectivity index (χ1n) is 7.72. The Morgan fingerprint density at radius 1 is 1.00 bits per heavy atom. The maximum Gasteiger partial charge on any atom is 0.161 e. The van der Waals surface area contributed by atoms with Crippen LogP contribution in [0.1, 0.15) is 29.2 Å². The first-order valence-corrected chi connectivity index (χ1v) is 7.72. The standard InChI is InChI=1S/C18H18FNO2/c19-14-5-3-12(4-6-14)18-15-11-17-16(21-8-9-22-17)10-13(15)2-1-7-20-18/h3-6,10-11,18,20H,1-2,7-9H2. The monoisotopic (exact) mass is 299 g/mol. The van der Waals surface area contributed by atoms with Gasteiger partial charge in [-0.1, -0.05) is 12.1 Å². The summed E-state index contributed by atoms with van der Waals surface area (Å²) in [4.78, 5) is 0. The average molecular weight is 299 g/mol. The number of hydrogen-bond donors (Lipinski definition) is 1. The first-order chi connectivity index (χ1) is 10.8. The van der Waals surface area contributed by atoms with Gasteiger partial charge < -0.3 is 14.8 Å². The van der Waals surface area contributed by atoms with Crippen LogP contribution in [0.5, 0.6) is 11.5 Å². The van der Waals surface area contributed by atoms with Crippen LogP contribution in [0.2, 0.25) is 0 Å². The SMILES string of the molecule is Fc1ccc(C2NCCCc3cc4c(cc32)OCCO4)cc1. The Hall–Kier alpha value is -2.07. The van der Waals surface area contributed by atoms with E-state index in [2.05, 4.69) is 17.4 Å². The van der Waals surface area contributed by atoms with E-state index >= 15 is 0 Å². The van der Waals surface area contributed by atoms with Crippen molar-refractivity contribution in [2.24, 2.45) is 0 Å². The highest BCUT2D eigenvalue weighted by Crippen LogP contribution is 2.38. The van der Waals surface area contributed by atoms with Crippen molar-refractivity contribution in [2.45, 2.75) is 18.9 Å². The second kappa shape index (κ2) is 5.61. The maximum absolute atomic E-state index is 13.2. The highest BCUT2D eigenvalue weighted by Gasteiger charge is 2.24. The van der Waals surface area contributed by atoms with Crippen LogP contribution in [-0.2, 0) is 6.42 Å². The van der Waals surface area contributed by atoms with Crippen molar-refractivity contribution in [1.82, 2.24) is 5.32 Å². The Labute approximate surface area is 129 Å². The summed E-state index contributed by atoms with van der Waals surface area (Å²) < 4.78 is 24.6. The summed E-state index contributed by atoms with van der Waals surface area (Å²) in [5, 5.41) is 3.56. The zero-order valence-electron chi connectivity index (χ0n) is 12.3. The number of nitrogens with one attached hydrogen (secondary N) is 1. The van der Waals surface area contributed by atoms with Crippen molar-refractivity contribution in [3.05, 3.63) is 58.9 Å². The summed E-state index contributed by atoms with van der Waals surface area (Å²) in [6.45, 7) is 2.12. The fourth-order valence-corrected chi connectivity index (χ4v) is 3.22. The molecule has 114 valence electrons. The largest absolute Gasteiger partial charge is 0.486 e. The second-order valence-corrected chi connectivity index (χ2v) is 5.74. The lowest BCUT2D eigenvalue weighted by Gasteiger charge is -2.24. The van der Waals surface area contributed by atoms with Crippen LogP contribution >= 0.6 is 0 Å². The third kappa shape index (κ3) is 2.44. The molecule has 2 aromatic rings. The fourth-order valence-electron chi connectivity index (χ4n) is 3.22. The average Bonchev–Trinajstić information content (AvgIpc) is 2.75. The molecule has 4 heteroatoms. The van der Waals surface area contributed by atoms with Crippen LogP contribution in [0, 0.1) is 5.82 Å². The van der Waals surface area contributed by atoms with E-state index in [9.17, 15) is 4.39 Å². The number of fused-ring (bicyclic) bond motifs is 2. The smallest absolute Gasteiger partial charge is 0.161 e. The lowest BCUT2D eigenvalue weighted by atomic mass is 9.93. The zero-order chi connectivity index (χ0) is 14.9. The Balaban J connectivity index is 1.80. The van der Waals surface area contributed by atoms with E-state index in [1.54, 1.807) is 0 Å². The number of benzene rings is 2. The summed E-state index contributed by atoms with van der Waals surface area (Å²) in [7, 11) is 0. The molecule has 0 saturated carbocycles. The number of ether oxygens (including phenoxy) is 2. The van der Waals surface area contributed by atoms with Gasteiger partial charge in [0.25, 0.3) is 0 Å². The molecular weight excluding hydrogens is 281 g/mol. The van der Waals surface area contributed by atoms with Crippen molar-refractivity contribution in [1.29, 1.82) is 0 Å². The first kappa shape index (κ1) is 13.6. The molecule has 0 aliphatic carbocycles. The summed E-state index contributed by atoms with van der Waals surface area (Å²) >= 11 is 0. The molecule has 2 aliphatic heterocycles. The van der Waals surface area contributed by atoms with Crippen LogP contribution in [0.4, 0.5) is 4.39 Å². The quantitative estimate of drug-likeness (QED) is 0.877. The summed E-state index contributed by atoms with van der Waals surface area (Å²) in [6.07, 6.45) is 2.08. The molecule has 22 heavy (non-hydrogen) atoms. The Morgan fingerprint density at radius 3 is 2.50 bits per heavy atom. The van der Waals surface area contributed by atoms with Crippen LogP contribution < -0.4 is 14.8 Å². The van der Waals surface area contributed by atoms with Gasteiger partial charge in [0.2, 0.25) is 0 Å². The third-order valence-electron chi connectivity index (χ3n) is 4.29. The second-order valence-electron chi connectivity index (χ2n) is 5.74. The Kier molecular flexibility index (Phi) is 3.47. The Morgan fingerprint density at radius 2 is 1.73 bits per heavy atom. The van der Waals surface area contributed by atoms with Crippen LogP contribution in [0.3, 0.4) is 0 Å². The predicted molar refractivity (Wildman–Crippen MR) is 82.0 cm³/mol. The molecule has 0 saturated heterocycles. The van der Waals surface area contributed by atoms with E-state index < -0.39 is 0 Å². The molecule has 0 bridgehead atoms. The molecule has 1 atom stereocenters. The fraction of sp³-hybridized carbons (Fsp3) is 0.333. The van der Waals surface area contributed by atoms with E-state index in [1.807, 2.05) is 12.1 Å². The van der Waals surface area contributed by atoms with E-state index in [0.717, 1.165) is 36.4 Å². The summed E-state index contributed by atoms with van der Waals surface area (Å²) in [5.41, 5.74) is 3.55. The van der Waals surface area contributed by atoms with Gasteiger partial charge in [0.15, 0.2) is 11.5 Å². The Bertz CT molecular complexity index is 684. The molecule has 0 radical (unpaired) electrons. The van der Waals surface area contributed by atoms with Crippen molar-refractivity contribution in [3.8, 4) is 11.5 Å². The maximum atomic E-state index is 13.2. The van der Waals surface area contributed by atoms with Gasteiger partial charge in [-0.25, -0.2) is 4.39 Å². The third-order valence-corrected chi connectivity index (χ3v) is 4.29. The molecule has 1 N–H and O–H groups in total. The number of hydrogen-bond acceptors (Lipinski definition) is 3. The molecule has 4 rings (SSSR count). The van der Waals surface area contributed by atoms with Gasteiger partial charge >= 0.3 is 0 Å². The van der Waals surface area contributed by atoms with E-state index in [1.165, 1.54) is 23.3 Å². The van der Waals surface area contributed by atoms with E-state index in [-0.39, 0.29) is 11.9 Å². The van der Waals surface area contributed by atoms with Gasteiger partial charge in [-0.2, -0.15) is 0 Å². The van der Waals surface area contributed by atoms with Gasteiger partial charge in [-0.05, 0) is 60.3 Å². The molecule has 2 aliphatic rings. The number of aryl methyl sites for hydroxylation is 1.